The van der Waals surface area contributed by atoms with Crippen LogP contribution in [0.15, 0.2) is 72.8 Å². The van der Waals surface area contributed by atoms with Crippen molar-refractivity contribution >= 4 is 11.4 Å². The van der Waals surface area contributed by atoms with Gasteiger partial charge in [0, 0.05) is 17.2 Å². The predicted octanol–water partition coefficient (Wildman–Crippen LogP) is 5.34. The number of methoxy groups -OCH3 is 1. The largest absolute Gasteiger partial charge is 0.497 e. The molecule has 0 fully saturated rings. The topological polar surface area (TPSA) is 113 Å². The maximum atomic E-state index is 11.7. The van der Waals surface area contributed by atoms with Crippen LogP contribution >= 0.6 is 0 Å². The minimum atomic E-state index is -0.663. The average Bonchev–Trinajstić information content (AvgIpc) is 3.24. The predicted molar refractivity (Wildman–Crippen MR) is 119 cm³/mol. The molecule has 0 saturated carbocycles. The molecule has 0 aliphatic carbocycles. The second kappa shape index (κ2) is 8.31. The normalized spacial score (nSPS) is 10.7. The molecule has 0 atom stereocenters. The second-order valence-electron chi connectivity index (χ2n) is 7.11. The van der Waals surface area contributed by atoms with Crippen LogP contribution in [0.4, 0.5) is 11.4 Å². The molecule has 9 heteroatoms. The average molecular weight is 430 g/mol. The van der Waals surface area contributed by atoms with Crippen LogP contribution in [0.5, 0.6) is 5.75 Å². The molecule has 4 aromatic rings. The summed E-state index contributed by atoms with van der Waals surface area (Å²) in [6, 6.07) is 20.3. The Morgan fingerprint density at radius 1 is 0.844 bits per heavy atom. The SMILES string of the molecule is COc1ccc(-c2cc(-c3ccc(C)cc3)n(-c3ccc([N+](=O)[O-])cc3[N+](=O)[O-])n2)cc1. The number of rotatable bonds is 6. The van der Waals surface area contributed by atoms with Gasteiger partial charge in [-0.2, -0.15) is 5.10 Å². The van der Waals surface area contributed by atoms with E-state index in [1.807, 2.05) is 49.4 Å². The molecule has 9 nitrogen and oxygen atoms in total. The lowest BCUT2D eigenvalue weighted by molar-refractivity contribution is -0.394. The second-order valence-corrected chi connectivity index (χ2v) is 7.11. The smallest absolute Gasteiger partial charge is 0.301 e. The first-order valence-electron chi connectivity index (χ1n) is 9.62. The molecule has 0 bridgehead atoms. The Labute approximate surface area is 182 Å². The van der Waals surface area contributed by atoms with Crippen LogP contribution in [0.2, 0.25) is 0 Å². The molecule has 0 amide bonds. The molecule has 0 aliphatic rings. The van der Waals surface area contributed by atoms with Gasteiger partial charge in [-0.3, -0.25) is 20.2 Å². The molecule has 32 heavy (non-hydrogen) atoms. The van der Waals surface area contributed by atoms with Gasteiger partial charge in [-0.05, 0) is 43.3 Å². The van der Waals surface area contributed by atoms with Gasteiger partial charge in [-0.15, -0.1) is 0 Å². The lowest BCUT2D eigenvalue weighted by Crippen LogP contribution is -2.04. The van der Waals surface area contributed by atoms with Gasteiger partial charge in [0.15, 0.2) is 0 Å². The minimum Gasteiger partial charge on any atom is -0.497 e. The number of nitrogens with zero attached hydrogens (tertiary/aromatic N) is 4. The van der Waals surface area contributed by atoms with Gasteiger partial charge in [-0.1, -0.05) is 29.8 Å². The molecular weight excluding hydrogens is 412 g/mol. The van der Waals surface area contributed by atoms with Crippen molar-refractivity contribution in [1.82, 2.24) is 9.78 Å². The van der Waals surface area contributed by atoms with Crippen LogP contribution in [0, 0.1) is 27.2 Å². The lowest BCUT2D eigenvalue weighted by atomic mass is 10.1. The molecule has 1 heterocycles. The first kappa shape index (κ1) is 20.7. The fourth-order valence-corrected chi connectivity index (χ4v) is 3.35. The third kappa shape index (κ3) is 3.91. The van der Waals surface area contributed by atoms with Crippen LogP contribution in [0.1, 0.15) is 5.56 Å². The number of hydrogen-bond donors (Lipinski definition) is 0. The molecule has 1 aromatic heterocycles. The summed E-state index contributed by atoms with van der Waals surface area (Å²) in [5.74, 6) is 0.693. The number of benzene rings is 3. The van der Waals surface area contributed by atoms with E-state index in [-0.39, 0.29) is 11.4 Å². The zero-order valence-electron chi connectivity index (χ0n) is 17.3. The van der Waals surface area contributed by atoms with E-state index in [9.17, 15) is 20.2 Å². The molecule has 0 N–H and O–H groups in total. The molecular formula is C23H18N4O5. The number of non-ortho nitro benzene ring substituents is 1. The van der Waals surface area contributed by atoms with E-state index in [4.69, 9.17) is 4.74 Å². The molecule has 0 radical (unpaired) electrons. The Bertz CT molecular complexity index is 1310. The Kier molecular flexibility index (Phi) is 5.38. The summed E-state index contributed by atoms with van der Waals surface area (Å²) in [6.45, 7) is 1.96. The molecule has 0 spiro atoms. The summed E-state index contributed by atoms with van der Waals surface area (Å²) in [4.78, 5) is 21.6. The molecule has 0 unspecified atom stereocenters. The summed E-state index contributed by atoms with van der Waals surface area (Å²) in [5.41, 5.74) is 3.24. The fourth-order valence-electron chi connectivity index (χ4n) is 3.35. The van der Waals surface area contributed by atoms with Crippen LogP contribution in [-0.4, -0.2) is 26.7 Å². The lowest BCUT2D eigenvalue weighted by Gasteiger charge is -2.08. The maximum Gasteiger partial charge on any atom is 0.301 e. The Hall–Kier alpha value is -4.53. The van der Waals surface area contributed by atoms with E-state index in [1.54, 1.807) is 19.2 Å². The van der Waals surface area contributed by atoms with Crippen molar-refractivity contribution in [3.63, 3.8) is 0 Å². The summed E-state index contributed by atoms with van der Waals surface area (Å²) in [5, 5.41) is 27.5. The third-order valence-corrected chi connectivity index (χ3v) is 5.04. The molecule has 0 saturated heterocycles. The van der Waals surface area contributed by atoms with Crippen LogP contribution < -0.4 is 4.74 Å². The highest BCUT2D eigenvalue weighted by Gasteiger charge is 2.24. The van der Waals surface area contributed by atoms with Gasteiger partial charge in [0.05, 0.1) is 34.4 Å². The van der Waals surface area contributed by atoms with E-state index in [0.29, 0.717) is 17.1 Å². The van der Waals surface area contributed by atoms with Gasteiger partial charge in [-0.25, -0.2) is 4.68 Å². The standard InChI is InChI=1S/C23H18N4O5/c1-15-3-5-17(6-4-15)22-14-20(16-7-10-19(32-2)11-8-16)24-25(22)21-12-9-18(26(28)29)13-23(21)27(30)31/h3-14H,1-2H3. The first-order valence-corrected chi connectivity index (χ1v) is 9.62. The summed E-state index contributed by atoms with van der Waals surface area (Å²) in [7, 11) is 1.58. The van der Waals surface area contributed by atoms with Gasteiger partial charge < -0.3 is 4.74 Å². The zero-order valence-corrected chi connectivity index (χ0v) is 17.3. The van der Waals surface area contributed by atoms with E-state index < -0.39 is 15.5 Å². The van der Waals surface area contributed by atoms with Gasteiger partial charge in [0.25, 0.3) is 5.69 Å². The summed E-state index contributed by atoms with van der Waals surface area (Å²) >= 11 is 0. The highest BCUT2D eigenvalue weighted by atomic mass is 16.6. The molecule has 3 aromatic carbocycles. The summed E-state index contributed by atoms with van der Waals surface area (Å²) in [6.07, 6.45) is 0. The van der Waals surface area contributed by atoms with E-state index >= 15 is 0 Å². The quantitative estimate of drug-likeness (QED) is 0.301. The highest BCUT2D eigenvalue weighted by Crippen LogP contribution is 2.34. The van der Waals surface area contributed by atoms with Crippen molar-refractivity contribution in [2.75, 3.05) is 7.11 Å². The molecule has 0 aliphatic heterocycles. The van der Waals surface area contributed by atoms with Gasteiger partial charge in [0.2, 0.25) is 0 Å². The van der Waals surface area contributed by atoms with E-state index in [2.05, 4.69) is 5.10 Å². The van der Waals surface area contributed by atoms with Crippen molar-refractivity contribution in [2.24, 2.45) is 0 Å². The maximum absolute atomic E-state index is 11.7. The number of nitro groups is 2. The van der Waals surface area contributed by atoms with Crippen LogP contribution in [0.25, 0.3) is 28.2 Å². The Morgan fingerprint density at radius 2 is 1.50 bits per heavy atom. The van der Waals surface area contributed by atoms with Gasteiger partial charge in [0.1, 0.15) is 11.4 Å². The number of hydrogen-bond acceptors (Lipinski definition) is 6. The minimum absolute atomic E-state index is 0.135. The molecule has 160 valence electrons. The van der Waals surface area contributed by atoms with Crippen molar-refractivity contribution in [1.29, 1.82) is 0 Å². The Morgan fingerprint density at radius 3 is 2.09 bits per heavy atom. The van der Waals surface area contributed by atoms with Gasteiger partial charge >= 0.3 is 5.69 Å². The number of aryl methyl sites for hydroxylation is 1. The monoisotopic (exact) mass is 430 g/mol. The van der Waals surface area contributed by atoms with Crippen LogP contribution in [-0.2, 0) is 0 Å². The van der Waals surface area contributed by atoms with Crippen molar-refractivity contribution in [3.8, 4) is 34.0 Å². The van der Waals surface area contributed by atoms with Crippen molar-refractivity contribution in [2.45, 2.75) is 6.92 Å². The van der Waals surface area contributed by atoms with Crippen LogP contribution in [0.3, 0.4) is 0 Å². The van der Waals surface area contributed by atoms with Crippen molar-refractivity contribution < 1.29 is 14.6 Å². The van der Waals surface area contributed by atoms with Crippen molar-refractivity contribution in [3.05, 3.63) is 98.6 Å². The highest BCUT2D eigenvalue weighted by molar-refractivity contribution is 5.73. The fraction of sp³-hybridized carbons (Fsp3) is 0.0870. The van der Waals surface area contributed by atoms with E-state index in [0.717, 1.165) is 22.8 Å². The number of aromatic nitrogens is 2. The van der Waals surface area contributed by atoms with E-state index in [1.165, 1.54) is 16.8 Å². The number of nitro benzene ring substituents is 2. The third-order valence-electron chi connectivity index (χ3n) is 5.04. The Balaban J connectivity index is 1.94. The zero-order chi connectivity index (χ0) is 22.8. The summed E-state index contributed by atoms with van der Waals surface area (Å²) < 4.78 is 6.65. The number of ether oxygens (including phenoxy) is 1. The molecule has 4 rings (SSSR count). The first-order chi connectivity index (χ1) is 15.4.